The molecule has 0 aliphatic carbocycles. The smallest absolute Gasteiger partial charge is 0.213 e. The van der Waals surface area contributed by atoms with E-state index in [-0.39, 0.29) is 17.1 Å². The van der Waals surface area contributed by atoms with E-state index in [4.69, 9.17) is 4.74 Å². The van der Waals surface area contributed by atoms with E-state index in [9.17, 15) is 0 Å². The second kappa shape index (κ2) is 2.89. The van der Waals surface area contributed by atoms with Crippen molar-refractivity contribution in [3.8, 4) is 0 Å². The standard InChI is InChI=1S/C10H20N2O/c1-9(2,3)7-11-12-8(13-7)10(4,5)6/h7,11H,1-6H3. The minimum Gasteiger partial charge on any atom is -0.453 e. The normalized spacial score (nSPS) is 23.5. The highest BCUT2D eigenvalue weighted by molar-refractivity contribution is 5.82. The van der Waals surface area contributed by atoms with Gasteiger partial charge in [0, 0.05) is 10.8 Å². The maximum absolute atomic E-state index is 5.73. The van der Waals surface area contributed by atoms with Crippen molar-refractivity contribution in [3.05, 3.63) is 0 Å². The lowest BCUT2D eigenvalue weighted by molar-refractivity contribution is 0.0622. The number of rotatable bonds is 0. The van der Waals surface area contributed by atoms with E-state index in [0.717, 1.165) is 5.90 Å². The summed E-state index contributed by atoms with van der Waals surface area (Å²) < 4.78 is 5.73. The van der Waals surface area contributed by atoms with Crippen LogP contribution in [0.3, 0.4) is 0 Å². The first-order valence-electron chi connectivity index (χ1n) is 4.71. The maximum Gasteiger partial charge on any atom is 0.213 e. The van der Waals surface area contributed by atoms with Crippen molar-refractivity contribution in [2.24, 2.45) is 15.9 Å². The molecule has 1 rings (SSSR count). The van der Waals surface area contributed by atoms with Crippen LogP contribution in [0.1, 0.15) is 41.5 Å². The van der Waals surface area contributed by atoms with E-state index in [2.05, 4.69) is 52.1 Å². The third-order valence-electron chi connectivity index (χ3n) is 1.94. The summed E-state index contributed by atoms with van der Waals surface area (Å²) in [4.78, 5) is 0. The van der Waals surface area contributed by atoms with Crippen LogP contribution in [0.25, 0.3) is 0 Å². The molecule has 0 amide bonds. The minimum absolute atomic E-state index is 0.00160. The van der Waals surface area contributed by atoms with Gasteiger partial charge in [0.2, 0.25) is 5.90 Å². The fourth-order valence-corrected chi connectivity index (χ4v) is 0.996. The molecular weight excluding hydrogens is 164 g/mol. The van der Waals surface area contributed by atoms with Crippen LogP contribution >= 0.6 is 0 Å². The summed E-state index contributed by atoms with van der Waals surface area (Å²) in [6, 6.07) is 0. The number of hydrogen-bond acceptors (Lipinski definition) is 3. The van der Waals surface area contributed by atoms with Gasteiger partial charge >= 0.3 is 0 Å². The lowest BCUT2D eigenvalue weighted by atomic mass is 9.94. The molecule has 0 aromatic carbocycles. The highest BCUT2D eigenvalue weighted by atomic mass is 16.5. The first-order chi connectivity index (χ1) is 5.71. The van der Waals surface area contributed by atoms with Crippen molar-refractivity contribution >= 4 is 5.90 Å². The third-order valence-corrected chi connectivity index (χ3v) is 1.94. The first kappa shape index (κ1) is 10.4. The molecule has 3 nitrogen and oxygen atoms in total. The van der Waals surface area contributed by atoms with E-state index in [0.29, 0.717) is 0 Å². The zero-order chi connectivity index (χ0) is 10.3. The van der Waals surface area contributed by atoms with Gasteiger partial charge in [-0.2, -0.15) is 0 Å². The van der Waals surface area contributed by atoms with Gasteiger partial charge in [-0.1, -0.05) is 41.5 Å². The predicted molar refractivity (Wildman–Crippen MR) is 54.4 cm³/mol. The summed E-state index contributed by atoms with van der Waals surface area (Å²) in [7, 11) is 0. The molecule has 13 heavy (non-hydrogen) atoms. The quantitative estimate of drug-likeness (QED) is 0.627. The number of ether oxygens (including phenoxy) is 1. The summed E-state index contributed by atoms with van der Waals surface area (Å²) in [5, 5.41) is 4.20. The van der Waals surface area contributed by atoms with Gasteiger partial charge in [0.25, 0.3) is 0 Å². The van der Waals surface area contributed by atoms with Gasteiger partial charge in [0.15, 0.2) is 6.23 Å². The second-order valence-corrected chi connectivity index (χ2v) is 5.66. The molecule has 0 fully saturated rings. The van der Waals surface area contributed by atoms with Gasteiger partial charge in [-0.05, 0) is 0 Å². The Labute approximate surface area is 80.5 Å². The molecule has 0 radical (unpaired) electrons. The van der Waals surface area contributed by atoms with Crippen molar-refractivity contribution < 1.29 is 4.74 Å². The molecule has 0 aromatic heterocycles. The summed E-state index contributed by atoms with van der Waals surface area (Å²) in [6.07, 6.45) is 0.00160. The Bertz CT molecular complexity index is 220. The molecule has 0 saturated heterocycles. The Kier molecular flexibility index (Phi) is 2.30. The van der Waals surface area contributed by atoms with Gasteiger partial charge in [0.1, 0.15) is 0 Å². The molecule has 0 aromatic rings. The van der Waals surface area contributed by atoms with Gasteiger partial charge in [-0.3, -0.25) is 5.43 Å². The van der Waals surface area contributed by atoms with Gasteiger partial charge < -0.3 is 4.74 Å². The molecule has 0 saturated carbocycles. The van der Waals surface area contributed by atoms with E-state index in [1.807, 2.05) is 0 Å². The number of nitrogens with one attached hydrogen (secondary N) is 1. The average molecular weight is 184 g/mol. The van der Waals surface area contributed by atoms with Crippen LogP contribution < -0.4 is 5.43 Å². The SMILES string of the molecule is CC(C)(C)C1=NNC(C(C)(C)C)O1. The van der Waals surface area contributed by atoms with Crippen LogP contribution in [0.4, 0.5) is 0 Å². The Morgan fingerprint density at radius 1 is 1.15 bits per heavy atom. The number of hydrazone groups is 1. The molecule has 0 spiro atoms. The third kappa shape index (κ3) is 2.36. The van der Waals surface area contributed by atoms with Crippen molar-refractivity contribution in [1.82, 2.24) is 5.43 Å². The molecule has 3 heteroatoms. The van der Waals surface area contributed by atoms with Crippen molar-refractivity contribution in [1.29, 1.82) is 0 Å². The molecule has 1 unspecified atom stereocenters. The minimum atomic E-state index is -0.00694. The lowest BCUT2D eigenvalue weighted by Crippen LogP contribution is -2.37. The van der Waals surface area contributed by atoms with E-state index < -0.39 is 0 Å². The summed E-state index contributed by atoms with van der Waals surface area (Å²) in [5.41, 5.74) is 3.09. The zero-order valence-electron chi connectivity index (χ0n) is 9.43. The Morgan fingerprint density at radius 2 is 1.69 bits per heavy atom. The Balaban J connectivity index is 2.63. The average Bonchev–Trinajstić information content (AvgIpc) is 2.28. The van der Waals surface area contributed by atoms with Crippen molar-refractivity contribution in [3.63, 3.8) is 0 Å². The van der Waals surface area contributed by atoms with E-state index >= 15 is 0 Å². The fourth-order valence-electron chi connectivity index (χ4n) is 0.996. The number of hydrogen-bond donors (Lipinski definition) is 1. The molecular formula is C10H20N2O. The molecule has 76 valence electrons. The van der Waals surface area contributed by atoms with Crippen LogP contribution in [0.2, 0.25) is 0 Å². The molecule has 1 aliphatic heterocycles. The predicted octanol–water partition coefficient (Wildman–Crippen LogP) is 2.34. The van der Waals surface area contributed by atoms with E-state index in [1.165, 1.54) is 0 Å². The fraction of sp³-hybridized carbons (Fsp3) is 0.900. The Hall–Kier alpha value is -0.730. The summed E-state index contributed by atoms with van der Waals surface area (Å²) in [5.74, 6) is 0.799. The van der Waals surface area contributed by atoms with Crippen LogP contribution in [-0.4, -0.2) is 12.1 Å². The highest BCUT2D eigenvalue weighted by Crippen LogP contribution is 2.28. The summed E-state index contributed by atoms with van der Waals surface area (Å²) >= 11 is 0. The summed E-state index contributed by atoms with van der Waals surface area (Å²) in [6.45, 7) is 12.7. The second-order valence-electron chi connectivity index (χ2n) is 5.66. The first-order valence-corrected chi connectivity index (χ1v) is 4.71. The number of nitrogens with zero attached hydrogens (tertiary/aromatic N) is 1. The largest absolute Gasteiger partial charge is 0.453 e. The van der Waals surface area contributed by atoms with Crippen LogP contribution in [-0.2, 0) is 4.74 Å². The molecule has 1 heterocycles. The van der Waals surface area contributed by atoms with Crippen LogP contribution in [0.5, 0.6) is 0 Å². The maximum atomic E-state index is 5.73. The van der Waals surface area contributed by atoms with E-state index in [1.54, 1.807) is 0 Å². The Morgan fingerprint density at radius 3 is 1.92 bits per heavy atom. The zero-order valence-corrected chi connectivity index (χ0v) is 9.43. The molecule has 1 aliphatic rings. The van der Waals surface area contributed by atoms with Crippen LogP contribution in [0, 0.1) is 10.8 Å². The highest BCUT2D eigenvalue weighted by Gasteiger charge is 2.35. The molecule has 1 atom stereocenters. The van der Waals surface area contributed by atoms with Gasteiger partial charge in [-0.15, -0.1) is 5.10 Å². The molecule has 0 bridgehead atoms. The van der Waals surface area contributed by atoms with Gasteiger partial charge in [-0.25, -0.2) is 0 Å². The molecule has 1 N–H and O–H groups in total. The van der Waals surface area contributed by atoms with Crippen molar-refractivity contribution in [2.45, 2.75) is 47.8 Å². The van der Waals surface area contributed by atoms with Crippen molar-refractivity contribution in [2.75, 3.05) is 0 Å². The lowest BCUT2D eigenvalue weighted by Gasteiger charge is -2.27. The van der Waals surface area contributed by atoms with Crippen LogP contribution in [0.15, 0.2) is 5.10 Å². The van der Waals surface area contributed by atoms with Gasteiger partial charge in [0.05, 0.1) is 0 Å². The topological polar surface area (TPSA) is 33.6 Å². The monoisotopic (exact) mass is 184 g/mol.